The molecule has 0 aliphatic rings. The van der Waals surface area contributed by atoms with Crippen molar-refractivity contribution in [1.29, 1.82) is 0 Å². The normalized spacial score (nSPS) is 12.4. The van der Waals surface area contributed by atoms with E-state index in [1.54, 1.807) is 0 Å². The molecule has 74 valence electrons. The van der Waals surface area contributed by atoms with Gasteiger partial charge in [0, 0.05) is 6.04 Å². The fraction of sp³-hybridized carbons (Fsp3) is 0.455. The van der Waals surface area contributed by atoms with Crippen LogP contribution >= 0.6 is 0 Å². The number of hydrogen-bond acceptors (Lipinski definition) is 1. The highest BCUT2D eigenvalue weighted by Crippen LogP contribution is 2.16. The molecule has 0 aliphatic heterocycles. The molecule has 0 amide bonds. The van der Waals surface area contributed by atoms with Crippen molar-refractivity contribution in [3.63, 3.8) is 0 Å². The first kappa shape index (κ1) is 12.5. The Bertz CT molecular complexity index is 212. The first-order chi connectivity index (χ1) is 5.61. The van der Waals surface area contributed by atoms with E-state index in [0.29, 0.717) is 5.92 Å². The Hall–Kier alpha value is -0.530. The lowest BCUT2D eigenvalue weighted by molar-refractivity contribution is -0.00000283. The van der Waals surface area contributed by atoms with Crippen LogP contribution in [0, 0.1) is 0 Å². The zero-order chi connectivity index (χ0) is 9.14. The SMILES string of the molecule is CC(C)c1ccc(C(C)N)cc1.[Cl-]. The second-order valence-corrected chi connectivity index (χ2v) is 3.61. The van der Waals surface area contributed by atoms with E-state index in [0.717, 1.165) is 0 Å². The third-order valence-corrected chi connectivity index (χ3v) is 2.13. The van der Waals surface area contributed by atoms with Crippen LogP contribution in [0.15, 0.2) is 24.3 Å². The summed E-state index contributed by atoms with van der Waals surface area (Å²) in [6.45, 7) is 6.39. The molecule has 1 nitrogen and oxygen atoms in total. The lowest BCUT2D eigenvalue weighted by Gasteiger charge is -2.08. The van der Waals surface area contributed by atoms with Crippen LogP contribution in [0.5, 0.6) is 0 Å². The summed E-state index contributed by atoms with van der Waals surface area (Å²) >= 11 is 0. The van der Waals surface area contributed by atoms with E-state index >= 15 is 0 Å². The molecule has 0 saturated carbocycles. The summed E-state index contributed by atoms with van der Waals surface area (Å²) in [6.07, 6.45) is 0. The summed E-state index contributed by atoms with van der Waals surface area (Å²) in [5.41, 5.74) is 8.32. The molecular weight excluding hydrogens is 182 g/mol. The summed E-state index contributed by atoms with van der Waals surface area (Å²) in [4.78, 5) is 0. The molecule has 1 rings (SSSR count). The van der Waals surface area contributed by atoms with E-state index in [9.17, 15) is 0 Å². The second-order valence-electron chi connectivity index (χ2n) is 3.61. The Kier molecular flexibility index (Phi) is 5.04. The Morgan fingerprint density at radius 2 is 1.31 bits per heavy atom. The van der Waals surface area contributed by atoms with Crippen molar-refractivity contribution < 1.29 is 12.4 Å². The van der Waals surface area contributed by atoms with Gasteiger partial charge in [-0.1, -0.05) is 38.1 Å². The minimum atomic E-state index is 0. The largest absolute Gasteiger partial charge is 1.00 e. The average Bonchev–Trinajstić information content (AvgIpc) is 2.04. The molecule has 0 aliphatic carbocycles. The highest BCUT2D eigenvalue weighted by Gasteiger charge is 2.00. The van der Waals surface area contributed by atoms with Crippen molar-refractivity contribution in [2.24, 2.45) is 5.73 Å². The molecule has 0 aromatic heterocycles. The number of benzene rings is 1. The third-order valence-electron chi connectivity index (χ3n) is 2.13. The van der Waals surface area contributed by atoms with E-state index in [1.165, 1.54) is 11.1 Å². The van der Waals surface area contributed by atoms with Crippen molar-refractivity contribution >= 4 is 0 Å². The van der Waals surface area contributed by atoms with Gasteiger partial charge in [0.05, 0.1) is 0 Å². The minimum absolute atomic E-state index is 0. The van der Waals surface area contributed by atoms with Crippen LogP contribution < -0.4 is 18.1 Å². The summed E-state index contributed by atoms with van der Waals surface area (Å²) in [6, 6.07) is 8.68. The molecule has 2 heteroatoms. The van der Waals surface area contributed by atoms with E-state index in [-0.39, 0.29) is 18.4 Å². The zero-order valence-electron chi connectivity index (χ0n) is 8.42. The van der Waals surface area contributed by atoms with Crippen LogP contribution in [0.2, 0.25) is 0 Å². The quantitative estimate of drug-likeness (QED) is 0.702. The molecule has 13 heavy (non-hydrogen) atoms. The Balaban J connectivity index is 0.00000144. The number of hydrogen-bond donors (Lipinski definition) is 1. The van der Waals surface area contributed by atoms with Gasteiger partial charge in [0.2, 0.25) is 0 Å². The smallest absolute Gasteiger partial charge is 0.0266 e. The van der Waals surface area contributed by atoms with Crippen molar-refractivity contribution in [1.82, 2.24) is 0 Å². The molecular formula is C11H17ClN-. The molecule has 0 fully saturated rings. The van der Waals surface area contributed by atoms with Crippen LogP contribution in [0.3, 0.4) is 0 Å². The summed E-state index contributed by atoms with van der Waals surface area (Å²) in [5.74, 6) is 0.604. The van der Waals surface area contributed by atoms with Crippen molar-refractivity contribution in [2.45, 2.75) is 32.7 Å². The van der Waals surface area contributed by atoms with E-state index in [1.807, 2.05) is 6.92 Å². The minimum Gasteiger partial charge on any atom is -1.00 e. The van der Waals surface area contributed by atoms with Gasteiger partial charge in [-0.15, -0.1) is 0 Å². The molecule has 0 saturated heterocycles. The Morgan fingerprint density at radius 3 is 1.62 bits per heavy atom. The number of rotatable bonds is 2. The Labute approximate surface area is 86.7 Å². The van der Waals surface area contributed by atoms with Gasteiger partial charge >= 0.3 is 0 Å². The van der Waals surface area contributed by atoms with E-state index in [4.69, 9.17) is 5.73 Å². The fourth-order valence-corrected chi connectivity index (χ4v) is 1.18. The van der Waals surface area contributed by atoms with Crippen LogP contribution in [-0.4, -0.2) is 0 Å². The van der Waals surface area contributed by atoms with Crippen molar-refractivity contribution in [2.75, 3.05) is 0 Å². The van der Waals surface area contributed by atoms with Gasteiger partial charge in [0.1, 0.15) is 0 Å². The summed E-state index contributed by atoms with van der Waals surface area (Å²) in [7, 11) is 0. The van der Waals surface area contributed by atoms with Crippen LogP contribution in [0.25, 0.3) is 0 Å². The second kappa shape index (κ2) is 5.25. The molecule has 0 bridgehead atoms. The zero-order valence-corrected chi connectivity index (χ0v) is 9.18. The fourth-order valence-electron chi connectivity index (χ4n) is 1.18. The maximum absolute atomic E-state index is 5.74. The average molecular weight is 199 g/mol. The lowest BCUT2D eigenvalue weighted by atomic mass is 10.00. The van der Waals surface area contributed by atoms with Crippen LogP contribution in [0.1, 0.15) is 43.9 Å². The maximum atomic E-state index is 5.74. The van der Waals surface area contributed by atoms with Gasteiger partial charge in [0.15, 0.2) is 0 Å². The van der Waals surface area contributed by atoms with Crippen molar-refractivity contribution in [3.05, 3.63) is 35.4 Å². The lowest BCUT2D eigenvalue weighted by Crippen LogP contribution is -3.00. The molecule has 1 aromatic carbocycles. The standard InChI is InChI=1S/C11H17N.ClH/c1-8(2)10-4-6-11(7-5-10)9(3)12;/h4-9H,12H2,1-3H3;1H/p-1. The molecule has 0 radical (unpaired) electrons. The highest BCUT2D eigenvalue weighted by atomic mass is 35.5. The van der Waals surface area contributed by atoms with Crippen LogP contribution in [-0.2, 0) is 0 Å². The summed E-state index contributed by atoms with van der Waals surface area (Å²) < 4.78 is 0. The number of nitrogens with two attached hydrogens (primary N) is 1. The number of halogens is 1. The predicted octanol–water partition coefficient (Wildman–Crippen LogP) is -0.166. The van der Waals surface area contributed by atoms with Gasteiger partial charge in [-0.3, -0.25) is 0 Å². The highest BCUT2D eigenvalue weighted by molar-refractivity contribution is 5.26. The third kappa shape index (κ3) is 3.37. The van der Waals surface area contributed by atoms with Gasteiger partial charge in [-0.25, -0.2) is 0 Å². The summed E-state index contributed by atoms with van der Waals surface area (Å²) in [5, 5.41) is 0. The monoisotopic (exact) mass is 198 g/mol. The Morgan fingerprint density at radius 1 is 0.923 bits per heavy atom. The van der Waals surface area contributed by atoms with Crippen LogP contribution in [0.4, 0.5) is 0 Å². The van der Waals surface area contributed by atoms with Gasteiger partial charge in [-0.2, -0.15) is 0 Å². The molecule has 1 unspecified atom stereocenters. The first-order valence-electron chi connectivity index (χ1n) is 4.46. The van der Waals surface area contributed by atoms with Gasteiger partial charge in [-0.05, 0) is 24.0 Å². The van der Waals surface area contributed by atoms with E-state index in [2.05, 4.69) is 38.1 Å². The molecule has 2 N–H and O–H groups in total. The molecule has 0 spiro atoms. The molecule has 1 aromatic rings. The molecule has 1 atom stereocenters. The van der Waals surface area contributed by atoms with Gasteiger partial charge in [0.25, 0.3) is 0 Å². The van der Waals surface area contributed by atoms with Gasteiger partial charge < -0.3 is 18.1 Å². The van der Waals surface area contributed by atoms with E-state index < -0.39 is 0 Å². The predicted molar refractivity (Wildman–Crippen MR) is 53.1 cm³/mol. The maximum Gasteiger partial charge on any atom is 0.0266 e. The van der Waals surface area contributed by atoms with Crippen molar-refractivity contribution in [3.8, 4) is 0 Å². The topological polar surface area (TPSA) is 26.0 Å². The first-order valence-corrected chi connectivity index (χ1v) is 4.46. The molecule has 0 heterocycles.